The summed E-state index contributed by atoms with van der Waals surface area (Å²) in [5, 5.41) is 11.1. The summed E-state index contributed by atoms with van der Waals surface area (Å²) >= 11 is 0. The summed E-state index contributed by atoms with van der Waals surface area (Å²) in [7, 11) is 0. The second-order valence-corrected chi connectivity index (χ2v) is 6.06. The van der Waals surface area contributed by atoms with E-state index in [-0.39, 0.29) is 23.9 Å². The molecule has 1 aromatic rings. The van der Waals surface area contributed by atoms with Gasteiger partial charge in [-0.05, 0) is 38.9 Å². The van der Waals surface area contributed by atoms with E-state index in [1.165, 1.54) is 12.1 Å². The monoisotopic (exact) mass is 317 g/mol. The summed E-state index contributed by atoms with van der Waals surface area (Å²) < 4.78 is 0. The van der Waals surface area contributed by atoms with Crippen LogP contribution < -0.4 is 4.90 Å². The molecule has 7 nitrogen and oxygen atoms in total. The van der Waals surface area contributed by atoms with Crippen LogP contribution in [0, 0.1) is 17.0 Å². The van der Waals surface area contributed by atoms with Gasteiger partial charge < -0.3 is 0 Å². The molecule has 122 valence electrons. The number of hydrogen-bond donors (Lipinski definition) is 0. The molecular formula is C16H19N3O4. The van der Waals surface area contributed by atoms with E-state index in [0.717, 1.165) is 37.3 Å². The fourth-order valence-electron chi connectivity index (χ4n) is 3.44. The summed E-state index contributed by atoms with van der Waals surface area (Å²) in [6, 6.07) is 4.05. The molecule has 2 aliphatic rings. The molecule has 0 radical (unpaired) electrons. The van der Waals surface area contributed by atoms with Gasteiger partial charge in [0, 0.05) is 6.07 Å². The van der Waals surface area contributed by atoms with E-state index in [0.29, 0.717) is 11.3 Å². The number of rotatable bonds is 3. The van der Waals surface area contributed by atoms with Crippen molar-refractivity contribution < 1.29 is 14.5 Å². The second-order valence-electron chi connectivity index (χ2n) is 6.06. The summed E-state index contributed by atoms with van der Waals surface area (Å²) in [6.45, 7) is 3.22. The fraction of sp³-hybridized carbons (Fsp3) is 0.500. The van der Waals surface area contributed by atoms with E-state index in [1.807, 2.05) is 0 Å². The minimum Gasteiger partial charge on any atom is -0.292 e. The molecule has 7 heteroatoms. The lowest BCUT2D eigenvalue weighted by molar-refractivity contribution is -0.385. The van der Waals surface area contributed by atoms with Crippen molar-refractivity contribution in [1.82, 2.24) is 4.90 Å². The van der Waals surface area contributed by atoms with Gasteiger partial charge in [0.05, 0.1) is 28.6 Å². The maximum atomic E-state index is 12.7. The highest BCUT2D eigenvalue weighted by Gasteiger charge is 2.43. The summed E-state index contributed by atoms with van der Waals surface area (Å²) in [6.07, 6.45) is 3.38. The number of nitro groups is 1. The van der Waals surface area contributed by atoms with Crippen molar-refractivity contribution >= 4 is 23.2 Å². The molecule has 2 aliphatic heterocycles. The van der Waals surface area contributed by atoms with Crippen LogP contribution in [0.15, 0.2) is 18.2 Å². The summed E-state index contributed by atoms with van der Waals surface area (Å²) in [5.74, 6) is -0.547. The van der Waals surface area contributed by atoms with Crippen molar-refractivity contribution in [2.24, 2.45) is 0 Å². The van der Waals surface area contributed by atoms with E-state index in [2.05, 4.69) is 4.90 Å². The molecule has 0 aromatic heterocycles. The maximum Gasteiger partial charge on any atom is 0.274 e. The third-order valence-corrected chi connectivity index (χ3v) is 4.67. The van der Waals surface area contributed by atoms with Crippen LogP contribution in [0.25, 0.3) is 0 Å². The summed E-state index contributed by atoms with van der Waals surface area (Å²) in [4.78, 5) is 38.9. The van der Waals surface area contributed by atoms with Crippen molar-refractivity contribution in [3.8, 4) is 0 Å². The molecule has 0 spiro atoms. The molecule has 2 heterocycles. The maximum absolute atomic E-state index is 12.7. The highest BCUT2D eigenvalue weighted by Crippen LogP contribution is 2.33. The molecule has 23 heavy (non-hydrogen) atoms. The number of piperidine rings is 1. The average Bonchev–Trinajstić information content (AvgIpc) is 2.83. The van der Waals surface area contributed by atoms with Gasteiger partial charge in [-0.2, -0.15) is 0 Å². The average molecular weight is 317 g/mol. The first-order valence-electron chi connectivity index (χ1n) is 7.85. The number of amides is 2. The second kappa shape index (κ2) is 6.08. The number of likely N-dealkylation sites (tertiary alicyclic amines) is 1. The van der Waals surface area contributed by atoms with Crippen LogP contribution in [-0.2, 0) is 9.59 Å². The van der Waals surface area contributed by atoms with Crippen molar-refractivity contribution in [2.75, 3.05) is 18.0 Å². The van der Waals surface area contributed by atoms with Crippen LogP contribution in [-0.4, -0.2) is 40.8 Å². The first-order valence-corrected chi connectivity index (χ1v) is 7.85. The Morgan fingerprint density at radius 1 is 1.17 bits per heavy atom. The van der Waals surface area contributed by atoms with Gasteiger partial charge in [0.1, 0.15) is 0 Å². The molecule has 2 saturated heterocycles. The fourth-order valence-corrected chi connectivity index (χ4v) is 3.44. The number of anilines is 1. The summed E-state index contributed by atoms with van der Waals surface area (Å²) in [5.41, 5.74) is 0.594. The molecule has 2 amide bonds. The zero-order valence-corrected chi connectivity index (χ0v) is 13.0. The van der Waals surface area contributed by atoms with Gasteiger partial charge in [0.15, 0.2) is 0 Å². The number of carbonyl (C=O) groups excluding carboxylic acids is 2. The van der Waals surface area contributed by atoms with Gasteiger partial charge in [-0.15, -0.1) is 0 Å². The third-order valence-electron chi connectivity index (χ3n) is 4.67. The minimum absolute atomic E-state index is 0.0791. The number of benzene rings is 1. The van der Waals surface area contributed by atoms with Crippen LogP contribution in [0.4, 0.5) is 11.4 Å². The third kappa shape index (κ3) is 2.72. The Kier molecular flexibility index (Phi) is 4.12. The first kappa shape index (κ1) is 15.6. The number of hydrogen-bond acceptors (Lipinski definition) is 5. The molecule has 0 aliphatic carbocycles. The van der Waals surface area contributed by atoms with Crippen LogP contribution in [0.5, 0.6) is 0 Å². The molecule has 3 rings (SSSR count). The highest BCUT2D eigenvalue weighted by atomic mass is 16.6. The van der Waals surface area contributed by atoms with E-state index in [9.17, 15) is 19.7 Å². The van der Waals surface area contributed by atoms with Crippen LogP contribution >= 0.6 is 0 Å². The van der Waals surface area contributed by atoms with Gasteiger partial charge in [-0.25, -0.2) is 4.90 Å². The van der Waals surface area contributed by atoms with Crippen molar-refractivity contribution in [3.63, 3.8) is 0 Å². The zero-order valence-electron chi connectivity index (χ0n) is 13.0. The molecule has 0 N–H and O–H groups in total. The zero-order chi connectivity index (χ0) is 16.6. The topological polar surface area (TPSA) is 83.8 Å². The standard InChI is InChI=1S/C16H19N3O4/c1-11-12(6-5-7-13(11)19(22)23)18-15(20)10-14(16(18)21)17-8-3-2-4-9-17/h5-7,14H,2-4,8-10H2,1H3. The molecule has 0 saturated carbocycles. The van der Waals surface area contributed by atoms with E-state index in [1.54, 1.807) is 13.0 Å². The molecule has 1 unspecified atom stereocenters. The van der Waals surface area contributed by atoms with Crippen molar-refractivity contribution in [1.29, 1.82) is 0 Å². The first-order chi connectivity index (χ1) is 11.0. The van der Waals surface area contributed by atoms with Crippen LogP contribution in [0.2, 0.25) is 0 Å². The normalized spacial score (nSPS) is 22.7. The van der Waals surface area contributed by atoms with Gasteiger partial charge in [0.2, 0.25) is 5.91 Å². The van der Waals surface area contributed by atoms with Gasteiger partial charge in [0.25, 0.3) is 11.6 Å². The predicted octanol–water partition coefficient (Wildman–Crippen LogP) is 2.02. The Balaban J connectivity index is 1.91. The smallest absolute Gasteiger partial charge is 0.274 e. The molecule has 0 bridgehead atoms. The predicted molar refractivity (Wildman–Crippen MR) is 84.2 cm³/mol. The lowest BCUT2D eigenvalue weighted by atomic mass is 10.1. The Morgan fingerprint density at radius 2 is 1.87 bits per heavy atom. The van der Waals surface area contributed by atoms with Crippen LogP contribution in [0.3, 0.4) is 0 Å². The van der Waals surface area contributed by atoms with Gasteiger partial charge >= 0.3 is 0 Å². The van der Waals surface area contributed by atoms with E-state index >= 15 is 0 Å². The Labute approximate surface area is 134 Å². The van der Waals surface area contributed by atoms with E-state index in [4.69, 9.17) is 0 Å². The number of imide groups is 1. The Morgan fingerprint density at radius 3 is 2.52 bits per heavy atom. The largest absolute Gasteiger partial charge is 0.292 e. The lowest BCUT2D eigenvalue weighted by Crippen LogP contribution is -2.44. The Hall–Kier alpha value is -2.28. The van der Waals surface area contributed by atoms with Gasteiger partial charge in [-0.3, -0.25) is 24.6 Å². The lowest BCUT2D eigenvalue weighted by Gasteiger charge is -2.30. The molecule has 1 atom stereocenters. The minimum atomic E-state index is -0.494. The Bertz CT molecular complexity index is 667. The highest BCUT2D eigenvalue weighted by molar-refractivity contribution is 6.22. The molecule has 2 fully saturated rings. The number of carbonyl (C=O) groups is 2. The quantitative estimate of drug-likeness (QED) is 0.484. The van der Waals surface area contributed by atoms with Crippen molar-refractivity contribution in [3.05, 3.63) is 33.9 Å². The number of nitrogens with zero attached hydrogens (tertiary/aromatic N) is 3. The molecule has 1 aromatic carbocycles. The van der Waals surface area contributed by atoms with Crippen molar-refractivity contribution in [2.45, 2.75) is 38.6 Å². The molecular weight excluding hydrogens is 298 g/mol. The van der Waals surface area contributed by atoms with Crippen LogP contribution in [0.1, 0.15) is 31.2 Å². The SMILES string of the molecule is Cc1c(N2C(=O)CC(N3CCCCC3)C2=O)cccc1[N+](=O)[O-]. The van der Waals surface area contributed by atoms with E-state index < -0.39 is 11.0 Å². The van der Waals surface area contributed by atoms with Gasteiger partial charge in [-0.1, -0.05) is 12.5 Å². The number of nitro benzene ring substituents is 1.